The number of amides is 1. The van der Waals surface area contributed by atoms with E-state index in [1.165, 1.54) is 0 Å². The predicted molar refractivity (Wildman–Crippen MR) is 52.2 cm³/mol. The van der Waals surface area contributed by atoms with Crippen LogP contribution in [0.25, 0.3) is 0 Å². The molecule has 9 nitrogen and oxygen atoms in total. The van der Waals surface area contributed by atoms with E-state index in [0.29, 0.717) is 6.41 Å². The van der Waals surface area contributed by atoms with Crippen LogP contribution in [0.4, 0.5) is 0 Å². The average Bonchev–Trinajstić information content (AvgIpc) is 2.23. The van der Waals surface area contributed by atoms with Crippen molar-refractivity contribution in [2.75, 3.05) is 13.2 Å². The van der Waals surface area contributed by atoms with Crippen molar-refractivity contribution in [2.24, 2.45) is 0 Å². The molecule has 4 atom stereocenters. The number of rotatable bonds is 5. The highest BCUT2D eigenvalue weighted by molar-refractivity contribution is 7.80. The molecule has 1 saturated heterocycles. The fourth-order valence-electron chi connectivity index (χ4n) is 1.42. The van der Waals surface area contributed by atoms with E-state index < -0.39 is 41.4 Å². The minimum atomic E-state index is -4.63. The third-order valence-corrected chi connectivity index (χ3v) is 2.73. The van der Waals surface area contributed by atoms with Gasteiger partial charge in [0.15, 0.2) is 0 Å². The molecule has 0 aromatic carbocycles. The van der Waals surface area contributed by atoms with Gasteiger partial charge in [0.25, 0.3) is 0 Å². The van der Waals surface area contributed by atoms with Crippen molar-refractivity contribution in [1.29, 1.82) is 0 Å². The molecule has 1 fully saturated rings. The topological polar surface area (TPSA) is 142 Å². The zero-order valence-electron chi connectivity index (χ0n) is 8.59. The van der Waals surface area contributed by atoms with Gasteiger partial charge in [-0.2, -0.15) is 8.42 Å². The van der Waals surface area contributed by atoms with Crippen LogP contribution in [0.2, 0.25) is 0 Å². The highest BCUT2D eigenvalue weighted by atomic mass is 32.3. The lowest BCUT2D eigenvalue weighted by molar-refractivity contribution is -0.160. The molecule has 0 saturated carbocycles. The number of nitrogens with one attached hydrogen (secondary N) is 1. The van der Waals surface area contributed by atoms with E-state index in [-0.39, 0.29) is 6.61 Å². The van der Waals surface area contributed by atoms with Crippen molar-refractivity contribution >= 4 is 16.8 Å². The lowest BCUT2D eigenvalue weighted by atomic mass is 9.99. The van der Waals surface area contributed by atoms with Crippen LogP contribution in [0, 0.1) is 0 Å². The highest BCUT2D eigenvalue weighted by Gasteiger charge is 2.38. The predicted octanol–water partition coefficient (Wildman–Crippen LogP) is -2.96. The molecule has 1 rings (SSSR count). The Morgan fingerprint density at radius 3 is 2.59 bits per heavy atom. The Morgan fingerprint density at radius 2 is 2.06 bits per heavy atom. The Morgan fingerprint density at radius 1 is 1.41 bits per heavy atom. The molecule has 1 aliphatic rings. The first kappa shape index (κ1) is 14.3. The van der Waals surface area contributed by atoms with E-state index in [0.717, 1.165) is 0 Å². The standard InChI is InChI=1S/C7H13NO8S/c9-3-8-4-1-15-5(7(11)6(4)10)2-16-17(12,13)14/h3-7,10-11H,1-2H2,(H,8,9)(H,12,13,14)/t4?,5?,6-,7+/m0/s1. The zero-order valence-corrected chi connectivity index (χ0v) is 9.41. The fraction of sp³-hybridized carbons (Fsp3) is 0.857. The van der Waals surface area contributed by atoms with Crippen molar-refractivity contribution in [1.82, 2.24) is 5.32 Å². The molecule has 4 N–H and O–H groups in total. The molecule has 0 aliphatic carbocycles. The molecule has 100 valence electrons. The summed E-state index contributed by atoms with van der Waals surface area (Å²) in [5.74, 6) is 0. The number of carbonyl (C=O) groups excluding carboxylic acids is 1. The second-order valence-corrected chi connectivity index (χ2v) is 4.55. The second kappa shape index (κ2) is 5.71. The van der Waals surface area contributed by atoms with Gasteiger partial charge < -0.3 is 20.3 Å². The lowest BCUT2D eigenvalue weighted by Crippen LogP contribution is -2.59. The SMILES string of the molecule is O=CNC1COC(COS(=O)(=O)O)[C@@H](O)[C@H]1O. The third kappa shape index (κ3) is 4.18. The Bertz CT molecular complexity index is 357. The summed E-state index contributed by atoms with van der Waals surface area (Å²) < 4.78 is 37.9. The molecule has 0 bridgehead atoms. The molecule has 0 spiro atoms. The summed E-state index contributed by atoms with van der Waals surface area (Å²) in [5, 5.41) is 21.3. The van der Waals surface area contributed by atoms with Crippen molar-refractivity contribution in [3.05, 3.63) is 0 Å². The maximum absolute atomic E-state index is 10.3. The maximum atomic E-state index is 10.3. The summed E-state index contributed by atoms with van der Waals surface area (Å²) in [4.78, 5) is 10.2. The summed E-state index contributed by atoms with van der Waals surface area (Å²) in [6, 6.07) is -0.788. The number of ether oxygens (including phenoxy) is 1. The first-order chi connectivity index (χ1) is 7.85. The van der Waals surface area contributed by atoms with Gasteiger partial charge >= 0.3 is 10.4 Å². The second-order valence-electron chi connectivity index (χ2n) is 3.46. The first-order valence-electron chi connectivity index (χ1n) is 4.64. The van der Waals surface area contributed by atoms with Crippen LogP contribution >= 0.6 is 0 Å². The summed E-state index contributed by atoms with van der Waals surface area (Å²) in [6.07, 6.45) is -3.53. The molecule has 1 aliphatic heterocycles. The van der Waals surface area contributed by atoms with E-state index in [1.54, 1.807) is 0 Å². The monoisotopic (exact) mass is 271 g/mol. The van der Waals surface area contributed by atoms with Crippen LogP contribution in [0.3, 0.4) is 0 Å². The molecular weight excluding hydrogens is 258 g/mol. The van der Waals surface area contributed by atoms with E-state index in [4.69, 9.17) is 9.29 Å². The number of hydrogen-bond donors (Lipinski definition) is 4. The van der Waals surface area contributed by atoms with Gasteiger partial charge in [0.1, 0.15) is 18.3 Å². The van der Waals surface area contributed by atoms with Gasteiger partial charge in [-0.1, -0.05) is 0 Å². The minimum Gasteiger partial charge on any atom is -0.388 e. The van der Waals surface area contributed by atoms with E-state index >= 15 is 0 Å². The van der Waals surface area contributed by atoms with Crippen LogP contribution in [0.15, 0.2) is 0 Å². The van der Waals surface area contributed by atoms with Crippen molar-refractivity contribution < 1.29 is 36.9 Å². The van der Waals surface area contributed by atoms with Crippen LogP contribution < -0.4 is 5.32 Å². The normalized spacial score (nSPS) is 34.3. The van der Waals surface area contributed by atoms with Gasteiger partial charge in [-0.15, -0.1) is 0 Å². The van der Waals surface area contributed by atoms with Gasteiger partial charge in [-0.25, -0.2) is 4.18 Å². The number of hydrogen-bond acceptors (Lipinski definition) is 7. The number of aliphatic hydroxyl groups excluding tert-OH is 2. The quantitative estimate of drug-likeness (QED) is 0.307. The Labute approximate surface area is 97.3 Å². The van der Waals surface area contributed by atoms with Gasteiger partial charge in [-0.3, -0.25) is 9.35 Å². The largest absolute Gasteiger partial charge is 0.397 e. The summed E-state index contributed by atoms with van der Waals surface area (Å²) in [5.41, 5.74) is 0. The molecule has 17 heavy (non-hydrogen) atoms. The van der Waals surface area contributed by atoms with E-state index in [2.05, 4.69) is 9.50 Å². The van der Waals surface area contributed by atoms with E-state index in [1.807, 2.05) is 0 Å². The number of carbonyl (C=O) groups is 1. The molecule has 0 radical (unpaired) electrons. The lowest BCUT2D eigenvalue weighted by Gasteiger charge is -2.36. The van der Waals surface area contributed by atoms with Crippen LogP contribution in [-0.4, -0.2) is 67.2 Å². The Hall–Kier alpha value is -0.780. The maximum Gasteiger partial charge on any atom is 0.397 e. The Balaban J connectivity index is 2.53. The summed E-state index contributed by atoms with van der Waals surface area (Å²) in [7, 11) is -4.63. The van der Waals surface area contributed by atoms with Gasteiger partial charge in [0.2, 0.25) is 6.41 Å². The molecule has 0 aromatic rings. The van der Waals surface area contributed by atoms with Crippen molar-refractivity contribution in [3.63, 3.8) is 0 Å². The van der Waals surface area contributed by atoms with Gasteiger partial charge in [-0.05, 0) is 0 Å². The smallest absolute Gasteiger partial charge is 0.388 e. The van der Waals surface area contributed by atoms with Crippen LogP contribution in [-0.2, 0) is 24.1 Å². The average molecular weight is 271 g/mol. The molecular formula is C7H13NO8S. The van der Waals surface area contributed by atoms with Crippen molar-refractivity contribution in [2.45, 2.75) is 24.4 Å². The van der Waals surface area contributed by atoms with Crippen LogP contribution in [0.5, 0.6) is 0 Å². The first-order valence-corrected chi connectivity index (χ1v) is 6.01. The molecule has 1 heterocycles. The Kier molecular flexibility index (Phi) is 4.80. The fourth-order valence-corrected chi connectivity index (χ4v) is 1.72. The van der Waals surface area contributed by atoms with E-state index in [9.17, 15) is 23.4 Å². The van der Waals surface area contributed by atoms with Crippen LogP contribution in [0.1, 0.15) is 0 Å². The zero-order chi connectivity index (χ0) is 13.1. The third-order valence-electron chi connectivity index (χ3n) is 2.30. The molecule has 10 heteroatoms. The molecule has 0 aromatic heterocycles. The minimum absolute atomic E-state index is 0.115. The number of aliphatic hydroxyl groups is 2. The van der Waals surface area contributed by atoms with Gasteiger partial charge in [0, 0.05) is 0 Å². The highest BCUT2D eigenvalue weighted by Crippen LogP contribution is 2.16. The van der Waals surface area contributed by atoms with Crippen molar-refractivity contribution in [3.8, 4) is 0 Å². The van der Waals surface area contributed by atoms with Gasteiger partial charge in [0.05, 0.1) is 19.3 Å². The molecule has 1 amide bonds. The molecule has 2 unspecified atom stereocenters. The summed E-state index contributed by atoms with van der Waals surface area (Å²) in [6.45, 7) is -0.749. The summed E-state index contributed by atoms with van der Waals surface area (Å²) >= 11 is 0.